The fourth-order valence-electron chi connectivity index (χ4n) is 8.66. The second-order valence-corrected chi connectivity index (χ2v) is 10.3. The smallest absolute Gasteiger partial charge is 0.0543 e. The van der Waals surface area contributed by atoms with Crippen LogP contribution >= 0.6 is 0 Å². The number of aliphatic hydroxyl groups is 1. The minimum atomic E-state index is -0.00152. The number of hydrogen-bond acceptors (Lipinski definition) is 1. The molecule has 0 saturated heterocycles. The molecular weight excluding hydrogens is 292 g/mol. The van der Waals surface area contributed by atoms with Crippen LogP contribution in [0, 0.1) is 40.4 Å². The molecule has 0 aromatic heterocycles. The average Bonchev–Trinajstić information content (AvgIpc) is 2.95. The van der Waals surface area contributed by atoms with E-state index in [1.807, 2.05) is 0 Å². The molecule has 0 spiro atoms. The number of aliphatic hydroxyl groups excluding tert-OH is 1. The zero-order chi connectivity index (χ0) is 16.9. The van der Waals surface area contributed by atoms with Crippen LogP contribution in [0.15, 0.2) is 0 Å². The zero-order valence-electron chi connectivity index (χ0n) is 16.4. The van der Waals surface area contributed by atoms with Gasteiger partial charge in [0.15, 0.2) is 0 Å². The van der Waals surface area contributed by atoms with Gasteiger partial charge in [-0.3, -0.25) is 0 Å². The second-order valence-electron chi connectivity index (χ2n) is 10.3. The van der Waals surface area contributed by atoms with Gasteiger partial charge in [-0.05, 0) is 105 Å². The Hall–Kier alpha value is -0.0400. The Bertz CT molecular complexity index is 457. The van der Waals surface area contributed by atoms with Gasteiger partial charge in [-0.1, -0.05) is 33.6 Å². The van der Waals surface area contributed by atoms with Crippen LogP contribution in [0.3, 0.4) is 0 Å². The molecule has 8 unspecified atom stereocenters. The van der Waals surface area contributed by atoms with Crippen molar-refractivity contribution >= 4 is 0 Å². The monoisotopic (exact) mass is 332 g/mol. The second kappa shape index (κ2) is 6.29. The quantitative estimate of drug-likeness (QED) is 0.652. The van der Waals surface area contributed by atoms with Gasteiger partial charge in [0, 0.05) is 0 Å². The fraction of sp³-hybridized carbons (Fsp3) is 1.00. The normalized spacial score (nSPS) is 54.0. The molecular formula is C23H40O. The molecule has 0 radical (unpaired) electrons. The third kappa shape index (κ3) is 2.36. The van der Waals surface area contributed by atoms with Crippen LogP contribution in [0.4, 0.5) is 0 Å². The highest BCUT2D eigenvalue weighted by molar-refractivity contribution is 5.10. The van der Waals surface area contributed by atoms with E-state index in [1.165, 1.54) is 64.2 Å². The first-order valence-electron chi connectivity index (χ1n) is 11.2. The van der Waals surface area contributed by atoms with Gasteiger partial charge in [-0.25, -0.2) is 0 Å². The summed E-state index contributed by atoms with van der Waals surface area (Å²) in [5.74, 6) is 4.84. The zero-order valence-corrected chi connectivity index (χ0v) is 16.4. The number of rotatable bonds is 3. The van der Waals surface area contributed by atoms with Crippen molar-refractivity contribution in [3.05, 3.63) is 0 Å². The van der Waals surface area contributed by atoms with Gasteiger partial charge in [-0.15, -0.1) is 0 Å². The first kappa shape index (κ1) is 17.4. The van der Waals surface area contributed by atoms with Crippen LogP contribution in [0.25, 0.3) is 0 Å². The van der Waals surface area contributed by atoms with E-state index in [9.17, 15) is 5.11 Å². The molecule has 8 atom stereocenters. The lowest BCUT2D eigenvalue weighted by atomic mass is 9.44. The van der Waals surface area contributed by atoms with E-state index >= 15 is 0 Å². The van der Waals surface area contributed by atoms with Crippen molar-refractivity contribution in [2.75, 3.05) is 0 Å². The van der Waals surface area contributed by atoms with E-state index in [-0.39, 0.29) is 6.10 Å². The summed E-state index contributed by atoms with van der Waals surface area (Å²) in [6.45, 7) is 7.52. The van der Waals surface area contributed by atoms with Crippen molar-refractivity contribution in [2.45, 2.75) is 104 Å². The van der Waals surface area contributed by atoms with E-state index in [2.05, 4.69) is 20.8 Å². The summed E-state index contributed by atoms with van der Waals surface area (Å²) in [4.78, 5) is 0. The van der Waals surface area contributed by atoms with E-state index in [4.69, 9.17) is 0 Å². The Morgan fingerprint density at radius 1 is 0.917 bits per heavy atom. The molecule has 0 heterocycles. The van der Waals surface area contributed by atoms with Gasteiger partial charge in [0.25, 0.3) is 0 Å². The van der Waals surface area contributed by atoms with E-state index in [0.29, 0.717) is 10.8 Å². The topological polar surface area (TPSA) is 20.2 Å². The van der Waals surface area contributed by atoms with E-state index in [0.717, 1.165) is 42.4 Å². The van der Waals surface area contributed by atoms with Crippen LogP contribution < -0.4 is 0 Å². The minimum Gasteiger partial charge on any atom is -0.393 e. The van der Waals surface area contributed by atoms with E-state index < -0.39 is 0 Å². The molecule has 0 bridgehead atoms. The first-order valence-corrected chi connectivity index (χ1v) is 11.2. The molecule has 24 heavy (non-hydrogen) atoms. The Kier molecular flexibility index (Phi) is 4.55. The predicted octanol–water partition coefficient (Wildman–Crippen LogP) is 6.20. The van der Waals surface area contributed by atoms with Crippen LogP contribution in [-0.2, 0) is 0 Å². The molecule has 1 N–H and O–H groups in total. The maximum Gasteiger partial charge on any atom is 0.0543 e. The van der Waals surface area contributed by atoms with Crippen molar-refractivity contribution < 1.29 is 5.11 Å². The summed E-state index contributed by atoms with van der Waals surface area (Å²) in [7, 11) is 0. The lowest BCUT2D eigenvalue weighted by Crippen LogP contribution is -2.54. The molecule has 1 nitrogen and oxygen atoms in total. The van der Waals surface area contributed by atoms with Gasteiger partial charge in [0.05, 0.1) is 6.10 Å². The van der Waals surface area contributed by atoms with Crippen LogP contribution in [0.5, 0.6) is 0 Å². The summed E-state index contributed by atoms with van der Waals surface area (Å²) in [5, 5.41) is 10.2. The minimum absolute atomic E-state index is 0.00152. The molecule has 4 fully saturated rings. The Morgan fingerprint density at radius 2 is 1.75 bits per heavy atom. The van der Waals surface area contributed by atoms with Crippen LogP contribution in [-0.4, -0.2) is 11.2 Å². The van der Waals surface area contributed by atoms with Crippen LogP contribution in [0.2, 0.25) is 0 Å². The summed E-state index contributed by atoms with van der Waals surface area (Å²) >= 11 is 0. The van der Waals surface area contributed by atoms with Crippen molar-refractivity contribution in [1.29, 1.82) is 0 Å². The first-order chi connectivity index (χ1) is 11.5. The summed E-state index contributed by atoms with van der Waals surface area (Å²) in [5.41, 5.74) is 1.25. The van der Waals surface area contributed by atoms with Crippen molar-refractivity contribution in [3.8, 4) is 0 Å². The molecule has 4 saturated carbocycles. The summed E-state index contributed by atoms with van der Waals surface area (Å²) in [6, 6.07) is 0. The molecule has 4 aliphatic rings. The molecule has 0 aliphatic heterocycles. The highest BCUT2D eigenvalue weighted by Gasteiger charge is 2.60. The lowest BCUT2D eigenvalue weighted by molar-refractivity contribution is -0.131. The van der Waals surface area contributed by atoms with Crippen LogP contribution in [0.1, 0.15) is 97.8 Å². The van der Waals surface area contributed by atoms with E-state index in [1.54, 1.807) is 0 Å². The summed E-state index contributed by atoms with van der Waals surface area (Å²) < 4.78 is 0. The third-order valence-corrected chi connectivity index (χ3v) is 9.83. The van der Waals surface area contributed by atoms with Crippen molar-refractivity contribution in [2.24, 2.45) is 40.4 Å². The maximum absolute atomic E-state index is 10.2. The maximum atomic E-state index is 10.2. The molecule has 4 rings (SSSR count). The Morgan fingerprint density at radius 3 is 2.50 bits per heavy atom. The van der Waals surface area contributed by atoms with Gasteiger partial charge >= 0.3 is 0 Å². The van der Waals surface area contributed by atoms with Crippen molar-refractivity contribution in [3.63, 3.8) is 0 Å². The molecule has 0 amide bonds. The number of hydrogen-bond donors (Lipinski definition) is 1. The highest BCUT2D eigenvalue weighted by atomic mass is 16.3. The standard InChI is InChI=1S/C23H40O/c1-4-6-16-8-10-21-19-9-7-17-15-18(24)11-13-22(17,3)20(19)12-14-23(16,21)5-2/h16-21,24H,4-15H2,1-3H3. The van der Waals surface area contributed by atoms with Gasteiger partial charge < -0.3 is 5.11 Å². The highest BCUT2D eigenvalue weighted by Crippen LogP contribution is 2.68. The van der Waals surface area contributed by atoms with Crippen molar-refractivity contribution in [1.82, 2.24) is 0 Å². The lowest BCUT2D eigenvalue weighted by Gasteiger charge is -2.61. The Labute approximate surface area is 150 Å². The van der Waals surface area contributed by atoms with Gasteiger partial charge in [0.1, 0.15) is 0 Å². The molecule has 1 heteroatoms. The largest absolute Gasteiger partial charge is 0.393 e. The average molecular weight is 333 g/mol. The molecule has 0 aromatic rings. The SMILES string of the molecule is CCCC1CCC2C3CCC4CC(O)CCC4(C)C3CCC12CC. The Balaban J connectivity index is 1.60. The third-order valence-electron chi connectivity index (χ3n) is 9.83. The number of fused-ring (bicyclic) bond motifs is 5. The fourth-order valence-corrected chi connectivity index (χ4v) is 8.66. The molecule has 0 aromatic carbocycles. The summed E-state index contributed by atoms with van der Waals surface area (Å²) in [6.07, 6.45) is 16.7. The molecule has 4 aliphatic carbocycles. The van der Waals surface area contributed by atoms with Gasteiger partial charge in [-0.2, -0.15) is 0 Å². The van der Waals surface area contributed by atoms with Gasteiger partial charge in [0.2, 0.25) is 0 Å². The predicted molar refractivity (Wildman–Crippen MR) is 101 cm³/mol. The molecule has 138 valence electrons.